The number of thiophene rings is 1. The van der Waals surface area contributed by atoms with E-state index in [4.69, 9.17) is 10.7 Å². The Morgan fingerprint density at radius 3 is 2.96 bits per heavy atom. The van der Waals surface area contributed by atoms with Crippen LogP contribution in [0.5, 0.6) is 0 Å². The molecule has 23 heavy (non-hydrogen) atoms. The van der Waals surface area contributed by atoms with E-state index in [1.54, 1.807) is 11.3 Å². The topological polar surface area (TPSA) is 73.3 Å². The molecule has 0 fully saturated rings. The molecule has 0 aromatic carbocycles. The maximum Gasteiger partial charge on any atom is 0.227 e. The van der Waals surface area contributed by atoms with Gasteiger partial charge >= 0.3 is 0 Å². The zero-order valence-corrected chi connectivity index (χ0v) is 14.3. The van der Waals surface area contributed by atoms with Gasteiger partial charge in [0, 0.05) is 17.3 Å². The van der Waals surface area contributed by atoms with Crippen molar-refractivity contribution in [2.75, 3.05) is 5.75 Å². The zero-order chi connectivity index (χ0) is 16.1. The van der Waals surface area contributed by atoms with Crippen LogP contribution in [-0.4, -0.2) is 26.0 Å². The van der Waals surface area contributed by atoms with Crippen LogP contribution in [0.25, 0.3) is 26.1 Å². The number of hydrogen-bond acceptors (Lipinski definition) is 5. The van der Waals surface area contributed by atoms with Gasteiger partial charge < -0.3 is 10.1 Å². The van der Waals surface area contributed by atoms with E-state index < -0.39 is 0 Å². The molecule has 7 heteroatoms. The molecule has 0 aliphatic heterocycles. The third-order valence-electron chi connectivity index (χ3n) is 3.71. The van der Waals surface area contributed by atoms with Crippen LogP contribution in [-0.2, 0) is 4.79 Å². The van der Waals surface area contributed by atoms with Crippen molar-refractivity contribution >= 4 is 55.1 Å². The summed E-state index contributed by atoms with van der Waals surface area (Å²) in [6.07, 6.45) is 2.03. The summed E-state index contributed by atoms with van der Waals surface area (Å²) >= 11 is 2.96. The van der Waals surface area contributed by atoms with Gasteiger partial charge in [-0.05, 0) is 37.6 Å². The first-order valence-electron chi connectivity index (χ1n) is 7.13. The average molecular weight is 342 g/mol. The molecular weight excluding hydrogens is 328 g/mol. The third kappa shape index (κ3) is 2.27. The highest BCUT2D eigenvalue weighted by atomic mass is 32.2. The van der Waals surface area contributed by atoms with E-state index >= 15 is 0 Å². The number of pyridine rings is 1. The minimum absolute atomic E-state index is 0.223. The number of thioether (sulfide) groups is 1. The van der Waals surface area contributed by atoms with Crippen LogP contribution in [0.1, 0.15) is 11.3 Å². The molecule has 0 spiro atoms. The number of nitrogens with zero attached hydrogens (tertiary/aromatic N) is 3. The number of carbonyl (C=O) groups is 1. The fraction of sp³-hybridized carbons (Fsp3) is 0.188. The molecule has 2 N–H and O–H groups in total. The average Bonchev–Trinajstić information content (AvgIpc) is 3.07. The molecule has 5 nitrogen and oxygen atoms in total. The number of primary amides is 1. The van der Waals surface area contributed by atoms with E-state index in [0.29, 0.717) is 0 Å². The standard InChI is InChI=1S/C16H14N4OS2/c1-8-6-9(2)18-15-12(8)13-16(23-15)19-14(22-7-11(17)21)10-4-3-5-20(10)13/h3-6H,7H2,1-2H3,(H2,17,21). The molecule has 4 rings (SSSR count). The Balaban J connectivity index is 2.08. The molecule has 0 saturated heterocycles. The van der Waals surface area contributed by atoms with Gasteiger partial charge in [-0.25, -0.2) is 9.97 Å². The molecule has 0 aliphatic rings. The van der Waals surface area contributed by atoms with Crippen molar-refractivity contribution in [3.8, 4) is 0 Å². The van der Waals surface area contributed by atoms with Crippen LogP contribution >= 0.6 is 23.1 Å². The summed E-state index contributed by atoms with van der Waals surface area (Å²) in [5, 5.41) is 1.97. The molecule has 4 aromatic rings. The highest BCUT2D eigenvalue weighted by Crippen LogP contribution is 2.37. The minimum atomic E-state index is -0.342. The minimum Gasteiger partial charge on any atom is -0.369 e. The highest BCUT2D eigenvalue weighted by Gasteiger charge is 2.16. The highest BCUT2D eigenvalue weighted by molar-refractivity contribution is 8.00. The van der Waals surface area contributed by atoms with E-state index in [-0.39, 0.29) is 11.7 Å². The fourth-order valence-corrected chi connectivity index (χ4v) is 4.83. The first kappa shape index (κ1) is 14.5. The van der Waals surface area contributed by atoms with E-state index in [9.17, 15) is 4.79 Å². The number of hydrogen-bond donors (Lipinski definition) is 1. The zero-order valence-electron chi connectivity index (χ0n) is 12.7. The summed E-state index contributed by atoms with van der Waals surface area (Å²) in [5.41, 5.74) is 9.55. The van der Waals surface area contributed by atoms with Crippen LogP contribution < -0.4 is 5.73 Å². The number of aryl methyl sites for hydroxylation is 2. The molecule has 4 aromatic heterocycles. The van der Waals surface area contributed by atoms with Crippen LogP contribution in [0.15, 0.2) is 29.4 Å². The van der Waals surface area contributed by atoms with Gasteiger partial charge in [0.05, 0.1) is 16.8 Å². The van der Waals surface area contributed by atoms with Crippen molar-refractivity contribution in [3.63, 3.8) is 0 Å². The maximum absolute atomic E-state index is 11.1. The quantitative estimate of drug-likeness (QED) is 0.580. The van der Waals surface area contributed by atoms with Gasteiger partial charge in [0.1, 0.15) is 14.7 Å². The molecule has 4 heterocycles. The molecule has 0 unspecified atom stereocenters. The lowest BCUT2D eigenvalue weighted by molar-refractivity contribution is -0.115. The van der Waals surface area contributed by atoms with E-state index in [1.165, 1.54) is 17.3 Å². The number of amides is 1. The van der Waals surface area contributed by atoms with Gasteiger partial charge in [0.15, 0.2) is 0 Å². The van der Waals surface area contributed by atoms with Crippen LogP contribution in [0.3, 0.4) is 0 Å². The largest absolute Gasteiger partial charge is 0.369 e. The lowest BCUT2D eigenvalue weighted by Crippen LogP contribution is -2.13. The Bertz CT molecular complexity index is 1080. The number of aromatic nitrogens is 3. The number of nitrogens with two attached hydrogens (primary N) is 1. The van der Waals surface area contributed by atoms with Crippen LogP contribution in [0.4, 0.5) is 0 Å². The monoisotopic (exact) mass is 342 g/mol. The predicted octanol–water partition coefficient (Wildman–Crippen LogP) is 3.29. The second kappa shape index (κ2) is 5.21. The second-order valence-corrected chi connectivity index (χ2v) is 7.39. The number of rotatable bonds is 3. The Hall–Kier alpha value is -2.12. The van der Waals surface area contributed by atoms with E-state index in [0.717, 1.165) is 36.8 Å². The van der Waals surface area contributed by atoms with Crippen LogP contribution in [0, 0.1) is 13.8 Å². The maximum atomic E-state index is 11.1. The summed E-state index contributed by atoms with van der Waals surface area (Å²) in [6, 6.07) is 6.10. The van der Waals surface area contributed by atoms with Crippen molar-refractivity contribution in [2.24, 2.45) is 5.73 Å². The summed E-state index contributed by atoms with van der Waals surface area (Å²) < 4.78 is 2.13. The van der Waals surface area contributed by atoms with Crippen molar-refractivity contribution in [1.82, 2.24) is 14.4 Å². The van der Waals surface area contributed by atoms with Gasteiger partial charge in [-0.15, -0.1) is 0 Å². The molecule has 0 aliphatic carbocycles. The Labute approximate surface area is 140 Å². The Kier molecular flexibility index (Phi) is 3.28. The molecule has 0 atom stereocenters. The first-order valence-corrected chi connectivity index (χ1v) is 8.93. The summed E-state index contributed by atoms with van der Waals surface area (Å²) in [7, 11) is 0. The smallest absolute Gasteiger partial charge is 0.227 e. The molecular formula is C16H14N4OS2. The Morgan fingerprint density at radius 2 is 2.17 bits per heavy atom. The van der Waals surface area contributed by atoms with Crippen molar-refractivity contribution < 1.29 is 4.79 Å². The van der Waals surface area contributed by atoms with Crippen molar-refractivity contribution in [3.05, 3.63) is 35.7 Å². The summed E-state index contributed by atoms with van der Waals surface area (Å²) in [6.45, 7) is 4.11. The molecule has 0 radical (unpaired) electrons. The van der Waals surface area contributed by atoms with E-state index in [1.807, 2.05) is 25.3 Å². The molecule has 116 valence electrons. The van der Waals surface area contributed by atoms with Crippen LogP contribution in [0.2, 0.25) is 0 Å². The Morgan fingerprint density at radius 1 is 1.35 bits per heavy atom. The number of carbonyl (C=O) groups excluding carboxylic acids is 1. The lowest BCUT2D eigenvalue weighted by Gasteiger charge is -2.06. The van der Waals surface area contributed by atoms with Gasteiger partial charge in [0.25, 0.3) is 0 Å². The second-order valence-electron chi connectivity index (χ2n) is 5.45. The van der Waals surface area contributed by atoms with Crippen molar-refractivity contribution in [1.29, 1.82) is 0 Å². The van der Waals surface area contributed by atoms with Crippen molar-refractivity contribution in [2.45, 2.75) is 18.9 Å². The fourth-order valence-electron chi connectivity index (χ4n) is 2.86. The SMILES string of the molecule is Cc1cc(C)c2c(n1)sc1nc(SCC(N)=O)c3cccn3c12. The van der Waals surface area contributed by atoms with Gasteiger partial charge in [-0.3, -0.25) is 4.79 Å². The normalized spacial score (nSPS) is 11.7. The van der Waals surface area contributed by atoms with Gasteiger partial charge in [-0.2, -0.15) is 0 Å². The number of fused-ring (bicyclic) bond motifs is 5. The predicted molar refractivity (Wildman–Crippen MR) is 95.3 cm³/mol. The van der Waals surface area contributed by atoms with Gasteiger partial charge in [0.2, 0.25) is 5.91 Å². The summed E-state index contributed by atoms with van der Waals surface area (Å²) in [5.74, 6) is -0.119. The van der Waals surface area contributed by atoms with Gasteiger partial charge in [-0.1, -0.05) is 23.1 Å². The molecule has 0 bridgehead atoms. The molecule has 1 amide bonds. The first-order chi connectivity index (χ1) is 11.0. The lowest BCUT2D eigenvalue weighted by atomic mass is 10.1. The molecule has 0 saturated carbocycles. The third-order valence-corrected chi connectivity index (χ3v) is 5.68. The van der Waals surface area contributed by atoms with E-state index in [2.05, 4.69) is 22.4 Å². The summed E-state index contributed by atoms with van der Waals surface area (Å²) in [4.78, 5) is 22.4.